The lowest BCUT2D eigenvalue weighted by molar-refractivity contribution is 0.187. The van der Waals surface area contributed by atoms with Crippen molar-refractivity contribution in [2.45, 2.75) is 38.9 Å². The zero-order chi connectivity index (χ0) is 16.4. The third kappa shape index (κ3) is 2.73. The molecule has 0 saturated heterocycles. The van der Waals surface area contributed by atoms with E-state index < -0.39 is 0 Å². The number of hydrogen-bond donors (Lipinski definition) is 1. The van der Waals surface area contributed by atoms with E-state index >= 15 is 0 Å². The molecule has 0 radical (unpaired) electrons. The Balaban J connectivity index is 1.72. The molecule has 3 aromatic rings. The third-order valence-corrected chi connectivity index (χ3v) is 4.57. The van der Waals surface area contributed by atoms with Gasteiger partial charge in [0.2, 0.25) is 0 Å². The zero-order valence-electron chi connectivity index (χ0n) is 13.9. The van der Waals surface area contributed by atoms with Crippen molar-refractivity contribution in [2.75, 3.05) is 6.54 Å². The number of pyridine rings is 1. The van der Waals surface area contributed by atoms with Gasteiger partial charge in [-0.1, -0.05) is 13.0 Å². The highest BCUT2D eigenvalue weighted by Gasteiger charge is 2.33. The van der Waals surface area contributed by atoms with Gasteiger partial charge in [0, 0.05) is 50.3 Å². The predicted molar refractivity (Wildman–Crippen MR) is 91.3 cm³/mol. The third-order valence-electron chi connectivity index (χ3n) is 4.57. The Bertz CT molecular complexity index is 791. The molecular weight excluding hydrogens is 300 g/mol. The summed E-state index contributed by atoms with van der Waals surface area (Å²) in [4.78, 5) is 19.5. The van der Waals surface area contributed by atoms with Gasteiger partial charge in [-0.3, -0.25) is 9.88 Å². The zero-order valence-corrected chi connectivity index (χ0v) is 13.9. The van der Waals surface area contributed by atoms with Crippen LogP contribution in [0.1, 0.15) is 42.3 Å². The van der Waals surface area contributed by atoms with Gasteiger partial charge in [0.1, 0.15) is 11.9 Å². The molecule has 4 heterocycles. The molecular formula is C18H22N6. The highest BCUT2D eigenvalue weighted by atomic mass is 15.2. The van der Waals surface area contributed by atoms with Gasteiger partial charge in [-0.15, -0.1) is 0 Å². The van der Waals surface area contributed by atoms with Crippen LogP contribution in [0, 0.1) is 0 Å². The second-order valence-corrected chi connectivity index (χ2v) is 6.19. The van der Waals surface area contributed by atoms with Crippen LogP contribution in [0.15, 0.2) is 43.1 Å². The highest BCUT2D eigenvalue weighted by Crippen LogP contribution is 2.33. The number of rotatable bonds is 5. The lowest BCUT2D eigenvalue weighted by Gasteiger charge is -2.34. The molecule has 0 spiro atoms. The average molecular weight is 322 g/mol. The van der Waals surface area contributed by atoms with Crippen molar-refractivity contribution >= 4 is 0 Å². The van der Waals surface area contributed by atoms with E-state index in [9.17, 15) is 0 Å². The lowest BCUT2D eigenvalue weighted by atomic mass is 10.0. The summed E-state index contributed by atoms with van der Waals surface area (Å²) in [6.07, 6.45) is 9.68. The lowest BCUT2D eigenvalue weighted by Crippen LogP contribution is -2.37. The van der Waals surface area contributed by atoms with E-state index in [4.69, 9.17) is 0 Å². The first-order valence-corrected chi connectivity index (χ1v) is 8.54. The smallest absolute Gasteiger partial charge is 0.132 e. The molecule has 0 bridgehead atoms. The van der Waals surface area contributed by atoms with Crippen LogP contribution < -0.4 is 0 Å². The van der Waals surface area contributed by atoms with Gasteiger partial charge in [0.15, 0.2) is 0 Å². The van der Waals surface area contributed by atoms with E-state index in [0.717, 1.165) is 49.7 Å². The van der Waals surface area contributed by atoms with Gasteiger partial charge in [0.25, 0.3) is 0 Å². The number of imidazole rings is 2. The second-order valence-electron chi connectivity index (χ2n) is 6.19. The molecule has 1 unspecified atom stereocenters. The molecule has 1 N–H and O–H groups in total. The van der Waals surface area contributed by atoms with Gasteiger partial charge in [-0.05, 0) is 18.6 Å². The van der Waals surface area contributed by atoms with Crippen molar-refractivity contribution in [1.82, 2.24) is 29.4 Å². The molecule has 124 valence electrons. The van der Waals surface area contributed by atoms with E-state index in [-0.39, 0.29) is 6.04 Å². The molecule has 0 saturated carbocycles. The van der Waals surface area contributed by atoms with Crippen molar-refractivity contribution in [3.8, 4) is 0 Å². The summed E-state index contributed by atoms with van der Waals surface area (Å²) >= 11 is 0. The normalized spacial score (nSPS) is 17.8. The summed E-state index contributed by atoms with van der Waals surface area (Å²) in [5.41, 5.74) is 3.40. The monoisotopic (exact) mass is 322 g/mol. The Labute approximate surface area is 141 Å². The molecule has 1 aliphatic heterocycles. The first-order chi connectivity index (χ1) is 11.9. The molecule has 0 aromatic carbocycles. The number of hydrogen-bond acceptors (Lipinski definition) is 4. The molecule has 6 heteroatoms. The summed E-state index contributed by atoms with van der Waals surface area (Å²) in [5, 5.41) is 0. The number of nitrogens with one attached hydrogen (secondary N) is 1. The average Bonchev–Trinajstić information content (AvgIpc) is 3.25. The number of aromatic nitrogens is 5. The van der Waals surface area contributed by atoms with Gasteiger partial charge in [0.05, 0.1) is 17.7 Å². The first-order valence-electron chi connectivity index (χ1n) is 8.54. The summed E-state index contributed by atoms with van der Waals surface area (Å²) < 4.78 is 2.25. The Morgan fingerprint density at radius 2 is 2.17 bits per heavy atom. The van der Waals surface area contributed by atoms with E-state index in [1.54, 1.807) is 6.33 Å². The highest BCUT2D eigenvalue weighted by molar-refractivity contribution is 5.26. The first kappa shape index (κ1) is 15.1. The maximum atomic E-state index is 4.68. The predicted octanol–water partition coefficient (Wildman–Crippen LogP) is 2.56. The quantitative estimate of drug-likeness (QED) is 0.784. The van der Waals surface area contributed by atoms with Crippen molar-refractivity contribution in [3.05, 3.63) is 66.0 Å². The second kappa shape index (κ2) is 6.57. The van der Waals surface area contributed by atoms with Gasteiger partial charge in [-0.25, -0.2) is 9.97 Å². The largest absolute Gasteiger partial charge is 0.348 e. The molecule has 0 amide bonds. The summed E-state index contributed by atoms with van der Waals surface area (Å²) in [5.74, 6) is 1.07. The number of aromatic amines is 1. The fourth-order valence-corrected chi connectivity index (χ4v) is 3.48. The number of H-pyrrole nitrogens is 1. The van der Waals surface area contributed by atoms with Crippen LogP contribution in [0.25, 0.3) is 0 Å². The minimum Gasteiger partial charge on any atom is -0.348 e. The van der Waals surface area contributed by atoms with Gasteiger partial charge in [-0.2, -0.15) is 0 Å². The van der Waals surface area contributed by atoms with Crippen LogP contribution in [0.4, 0.5) is 0 Å². The van der Waals surface area contributed by atoms with Crippen LogP contribution in [-0.2, 0) is 19.5 Å². The molecule has 4 rings (SSSR count). The minimum atomic E-state index is 0.0727. The number of fused-ring (bicyclic) bond motifs is 1. The van der Waals surface area contributed by atoms with Crippen molar-refractivity contribution in [1.29, 1.82) is 0 Å². The molecule has 3 aromatic heterocycles. The number of aryl methyl sites for hydroxylation is 1. The Morgan fingerprint density at radius 3 is 3.00 bits per heavy atom. The van der Waals surface area contributed by atoms with Gasteiger partial charge >= 0.3 is 0 Å². The van der Waals surface area contributed by atoms with Crippen LogP contribution in [0.5, 0.6) is 0 Å². The van der Waals surface area contributed by atoms with Crippen molar-refractivity contribution < 1.29 is 0 Å². The summed E-state index contributed by atoms with van der Waals surface area (Å²) in [6.45, 7) is 4.94. The van der Waals surface area contributed by atoms with Crippen LogP contribution in [0.3, 0.4) is 0 Å². The van der Waals surface area contributed by atoms with E-state index in [2.05, 4.69) is 48.6 Å². The molecule has 0 aliphatic carbocycles. The van der Waals surface area contributed by atoms with Crippen molar-refractivity contribution in [3.63, 3.8) is 0 Å². The molecule has 0 fully saturated rings. The Morgan fingerprint density at radius 1 is 1.21 bits per heavy atom. The van der Waals surface area contributed by atoms with E-state index in [1.807, 2.05) is 24.5 Å². The molecule has 6 nitrogen and oxygen atoms in total. The minimum absolute atomic E-state index is 0.0727. The van der Waals surface area contributed by atoms with Crippen LogP contribution in [-0.4, -0.2) is 35.9 Å². The standard InChI is InChI=1S/C18H22N6/c1-2-9-23-11-8-20-18(23)17-16-15(21-13-22-16)6-10-24(17)12-14-5-3-4-7-19-14/h3-5,7-8,11,13,17H,2,6,9-10,12H2,1H3,(H,21,22). The molecule has 1 atom stereocenters. The number of nitrogens with zero attached hydrogens (tertiary/aromatic N) is 5. The Hall–Kier alpha value is -2.47. The summed E-state index contributed by atoms with van der Waals surface area (Å²) in [7, 11) is 0. The fraction of sp³-hybridized carbons (Fsp3) is 0.389. The maximum absolute atomic E-state index is 4.68. The van der Waals surface area contributed by atoms with E-state index in [0.29, 0.717) is 0 Å². The topological polar surface area (TPSA) is 62.6 Å². The fourth-order valence-electron chi connectivity index (χ4n) is 3.48. The van der Waals surface area contributed by atoms with Gasteiger partial charge < -0.3 is 9.55 Å². The Kier molecular flexibility index (Phi) is 4.13. The van der Waals surface area contributed by atoms with Crippen LogP contribution in [0.2, 0.25) is 0 Å². The molecule has 24 heavy (non-hydrogen) atoms. The van der Waals surface area contributed by atoms with Crippen LogP contribution >= 0.6 is 0 Å². The SMILES string of the molecule is CCCn1ccnc1C1c2nc[nH]c2CCN1Cc1ccccn1. The van der Waals surface area contributed by atoms with E-state index in [1.165, 1.54) is 5.69 Å². The molecule has 1 aliphatic rings. The maximum Gasteiger partial charge on any atom is 0.132 e. The summed E-state index contributed by atoms with van der Waals surface area (Å²) in [6, 6.07) is 6.15. The van der Waals surface area contributed by atoms with Crippen molar-refractivity contribution in [2.24, 2.45) is 0 Å².